The molecule has 172 valence electrons. The van der Waals surface area contributed by atoms with Crippen LogP contribution >= 0.6 is 11.8 Å². The number of carbonyl (C=O) groups is 4. The van der Waals surface area contributed by atoms with Gasteiger partial charge in [-0.25, -0.2) is 4.79 Å². The summed E-state index contributed by atoms with van der Waals surface area (Å²) < 4.78 is 0. The van der Waals surface area contributed by atoms with Crippen molar-refractivity contribution in [3.05, 3.63) is 29.8 Å². The summed E-state index contributed by atoms with van der Waals surface area (Å²) in [7, 11) is 0. The molecule has 8 nitrogen and oxygen atoms in total. The van der Waals surface area contributed by atoms with Gasteiger partial charge in [0.2, 0.25) is 11.8 Å². The van der Waals surface area contributed by atoms with Crippen LogP contribution in [0.1, 0.15) is 44.1 Å². The highest BCUT2D eigenvalue weighted by molar-refractivity contribution is 7.99. The van der Waals surface area contributed by atoms with E-state index in [4.69, 9.17) is 0 Å². The van der Waals surface area contributed by atoms with Gasteiger partial charge in [0.05, 0.1) is 6.42 Å². The fourth-order valence-electron chi connectivity index (χ4n) is 4.62. The highest BCUT2D eigenvalue weighted by Gasteiger charge is 2.52. The number of hydrogen-bond donors (Lipinski definition) is 2. The van der Waals surface area contributed by atoms with Crippen LogP contribution in [-0.2, 0) is 20.8 Å². The molecular formula is C23H30N4O4S. The highest BCUT2D eigenvalue weighted by atomic mass is 32.2. The summed E-state index contributed by atoms with van der Waals surface area (Å²) in [6.07, 6.45) is 4.31. The predicted molar refractivity (Wildman–Crippen MR) is 123 cm³/mol. The van der Waals surface area contributed by atoms with E-state index in [0.29, 0.717) is 31.4 Å². The van der Waals surface area contributed by atoms with Crippen LogP contribution in [0.2, 0.25) is 0 Å². The lowest BCUT2D eigenvalue weighted by molar-refractivity contribution is -0.131. The summed E-state index contributed by atoms with van der Waals surface area (Å²) in [6.45, 7) is 1.86. The fourth-order valence-corrected chi connectivity index (χ4v) is 5.53. The molecule has 3 fully saturated rings. The summed E-state index contributed by atoms with van der Waals surface area (Å²) in [6, 6.07) is 6.98. The molecule has 0 aromatic heterocycles. The van der Waals surface area contributed by atoms with Gasteiger partial charge < -0.3 is 15.5 Å². The number of urea groups is 1. The van der Waals surface area contributed by atoms with E-state index in [0.717, 1.165) is 43.0 Å². The Morgan fingerprint density at radius 3 is 2.44 bits per heavy atom. The van der Waals surface area contributed by atoms with Crippen molar-refractivity contribution >= 4 is 41.2 Å². The molecule has 32 heavy (non-hydrogen) atoms. The molecule has 1 aromatic rings. The van der Waals surface area contributed by atoms with E-state index in [9.17, 15) is 19.2 Å². The number of imide groups is 1. The SMILES string of the molecule is O=C(CCCN1C(=O)NC2(CCCC2)C1=O)Nc1ccc(CC(=O)N2CCSCC2)cc1. The summed E-state index contributed by atoms with van der Waals surface area (Å²) in [4.78, 5) is 52.6. The third kappa shape index (κ3) is 5.09. The Hall–Kier alpha value is -2.55. The molecule has 2 saturated heterocycles. The molecule has 0 radical (unpaired) electrons. The van der Waals surface area contributed by atoms with Crippen molar-refractivity contribution in [1.29, 1.82) is 0 Å². The van der Waals surface area contributed by atoms with Crippen molar-refractivity contribution in [3.63, 3.8) is 0 Å². The first-order chi connectivity index (χ1) is 15.5. The Labute approximate surface area is 192 Å². The maximum atomic E-state index is 12.6. The van der Waals surface area contributed by atoms with E-state index in [2.05, 4.69) is 10.6 Å². The minimum absolute atomic E-state index is 0.141. The first-order valence-corrected chi connectivity index (χ1v) is 12.5. The topological polar surface area (TPSA) is 98.8 Å². The van der Waals surface area contributed by atoms with Gasteiger partial charge in [-0.15, -0.1) is 0 Å². The second kappa shape index (κ2) is 9.94. The van der Waals surface area contributed by atoms with Crippen LogP contribution < -0.4 is 10.6 Å². The number of nitrogens with zero attached hydrogens (tertiary/aromatic N) is 2. The predicted octanol–water partition coefficient (Wildman–Crippen LogP) is 2.39. The Morgan fingerprint density at radius 1 is 1.06 bits per heavy atom. The molecule has 2 N–H and O–H groups in total. The monoisotopic (exact) mass is 458 g/mol. The summed E-state index contributed by atoms with van der Waals surface area (Å²) in [5.74, 6) is 1.82. The largest absolute Gasteiger partial charge is 0.341 e. The van der Waals surface area contributed by atoms with E-state index < -0.39 is 5.54 Å². The average Bonchev–Trinajstić information content (AvgIpc) is 3.36. The lowest BCUT2D eigenvalue weighted by atomic mass is 9.98. The molecule has 1 spiro atoms. The Balaban J connectivity index is 1.20. The third-order valence-corrected chi connectivity index (χ3v) is 7.39. The van der Waals surface area contributed by atoms with Crippen molar-refractivity contribution in [1.82, 2.24) is 15.1 Å². The molecule has 0 unspecified atom stereocenters. The zero-order valence-electron chi connectivity index (χ0n) is 18.2. The molecule has 3 aliphatic rings. The number of amides is 5. The van der Waals surface area contributed by atoms with E-state index in [1.54, 1.807) is 12.1 Å². The smallest absolute Gasteiger partial charge is 0.325 e. The van der Waals surface area contributed by atoms with Gasteiger partial charge in [0.1, 0.15) is 5.54 Å². The minimum Gasteiger partial charge on any atom is -0.341 e. The minimum atomic E-state index is -0.699. The van der Waals surface area contributed by atoms with Gasteiger partial charge in [-0.05, 0) is 37.0 Å². The van der Waals surface area contributed by atoms with E-state index in [1.165, 1.54) is 4.90 Å². The molecule has 1 aromatic carbocycles. The van der Waals surface area contributed by atoms with Crippen molar-refractivity contribution in [2.45, 2.75) is 50.5 Å². The van der Waals surface area contributed by atoms with Crippen LogP contribution in [0.5, 0.6) is 0 Å². The van der Waals surface area contributed by atoms with Gasteiger partial charge in [-0.3, -0.25) is 19.3 Å². The first kappa shape index (κ1) is 22.6. The highest BCUT2D eigenvalue weighted by Crippen LogP contribution is 2.35. The van der Waals surface area contributed by atoms with Gasteiger partial charge in [0.25, 0.3) is 5.91 Å². The van der Waals surface area contributed by atoms with Gasteiger partial charge in [-0.2, -0.15) is 11.8 Å². The van der Waals surface area contributed by atoms with Crippen LogP contribution in [0.4, 0.5) is 10.5 Å². The summed E-state index contributed by atoms with van der Waals surface area (Å²) in [5, 5.41) is 5.70. The number of carbonyl (C=O) groups excluding carboxylic acids is 4. The standard InChI is InChI=1S/C23H30N4O4S/c28-19(4-3-11-27-21(30)23(25-22(27)31)9-1-2-10-23)24-18-7-5-17(6-8-18)16-20(29)26-12-14-32-15-13-26/h5-8H,1-4,9-16H2,(H,24,28)(H,25,31). The average molecular weight is 459 g/mol. The number of nitrogens with one attached hydrogen (secondary N) is 2. The van der Waals surface area contributed by atoms with Crippen LogP contribution in [0.25, 0.3) is 0 Å². The molecule has 2 heterocycles. The maximum absolute atomic E-state index is 12.6. The van der Waals surface area contributed by atoms with E-state index in [-0.39, 0.29) is 36.7 Å². The maximum Gasteiger partial charge on any atom is 0.325 e. The Bertz CT molecular complexity index is 876. The third-order valence-electron chi connectivity index (χ3n) is 6.45. The lowest BCUT2D eigenvalue weighted by Crippen LogP contribution is -2.44. The van der Waals surface area contributed by atoms with Gasteiger partial charge in [-0.1, -0.05) is 25.0 Å². The fraction of sp³-hybridized carbons (Fsp3) is 0.565. The summed E-state index contributed by atoms with van der Waals surface area (Å²) in [5.41, 5.74) is 0.890. The number of benzene rings is 1. The van der Waals surface area contributed by atoms with Crippen molar-refractivity contribution in [2.75, 3.05) is 36.5 Å². The molecule has 9 heteroatoms. The van der Waals surface area contributed by atoms with Crippen molar-refractivity contribution in [2.24, 2.45) is 0 Å². The first-order valence-electron chi connectivity index (χ1n) is 11.4. The van der Waals surface area contributed by atoms with E-state index >= 15 is 0 Å². The van der Waals surface area contributed by atoms with Crippen LogP contribution in [0.15, 0.2) is 24.3 Å². The molecule has 0 bridgehead atoms. The lowest BCUT2D eigenvalue weighted by Gasteiger charge is -2.26. The number of thioether (sulfide) groups is 1. The molecule has 1 saturated carbocycles. The molecular weight excluding hydrogens is 428 g/mol. The van der Waals surface area contributed by atoms with Crippen molar-refractivity contribution in [3.8, 4) is 0 Å². The molecule has 5 amide bonds. The number of rotatable bonds is 7. The molecule has 0 atom stereocenters. The zero-order chi connectivity index (χ0) is 22.6. The number of hydrogen-bond acceptors (Lipinski definition) is 5. The zero-order valence-corrected chi connectivity index (χ0v) is 19.0. The van der Waals surface area contributed by atoms with Gasteiger partial charge in [0.15, 0.2) is 0 Å². The summed E-state index contributed by atoms with van der Waals surface area (Å²) >= 11 is 1.87. The Morgan fingerprint density at radius 2 is 1.75 bits per heavy atom. The van der Waals surface area contributed by atoms with E-state index in [1.807, 2.05) is 28.8 Å². The normalized spacial score (nSPS) is 20.0. The van der Waals surface area contributed by atoms with Crippen LogP contribution in [-0.4, -0.2) is 70.2 Å². The molecule has 2 aliphatic heterocycles. The van der Waals surface area contributed by atoms with Gasteiger partial charge in [0, 0.05) is 43.2 Å². The quantitative estimate of drug-likeness (QED) is 0.612. The second-order valence-corrected chi connectivity index (χ2v) is 9.92. The Kier molecular flexibility index (Phi) is 7.03. The second-order valence-electron chi connectivity index (χ2n) is 8.69. The molecule has 4 rings (SSSR count). The van der Waals surface area contributed by atoms with Crippen LogP contribution in [0, 0.1) is 0 Å². The molecule has 1 aliphatic carbocycles. The van der Waals surface area contributed by atoms with Crippen LogP contribution in [0.3, 0.4) is 0 Å². The van der Waals surface area contributed by atoms with Crippen molar-refractivity contribution < 1.29 is 19.2 Å². The van der Waals surface area contributed by atoms with Gasteiger partial charge >= 0.3 is 6.03 Å². The number of anilines is 1.